The lowest BCUT2D eigenvalue weighted by Crippen LogP contribution is -2.24. The van der Waals surface area contributed by atoms with Crippen molar-refractivity contribution in [1.82, 2.24) is 20.1 Å². The van der Waals surface area contributed by atoms with Crippen LogP contribution in [0.4, 0.5) is 5.82 Å². The Kier molecular flexibility index (Phi) is 6.88. The van der Waals surface area contributed by atoms with E-state index in [-0.39, 0.29) is 5.91 Å². The molecule has 7 heteroatoms. The van der Waals surface area contributed by atoms with E-state index in [1.54, 1.807) is 17.8 Å². The van der Waals surface area contributed by atoms with Gasteiger partial charge in [-0.3, -0.25) is 4.79 Å². The largest absolute Gasteiger partial charge is 0.357 e. The van der Waals surface area contributed by atoms with Gasteiger partial charge in [-0.1, -0.05) is 48.0 Å². The molecular formula is C22H26ClN5O. The van der Waals surface area contributed by atoms with Crippen LogP contribution in [-0.2, 0) is 13.1 Å². The quantitative estimate of drug-likeness (QED) is 0.607. The van der Waals surface area contributed by atoms with Gasteiger partial charge in [0.1, 0.15) is 11.0 Å². The van der Waals surface area contributed by atoms with Crippen LogP contribution < -0.4 is 10.2 Å². The Morgan fingerprint density at radius 3 is 2.45 bits per heavy atom. The number of benzene rings is 1. The number of carbonyl (C=O) groups is 1. The van der Waals surface area contributed by atoms with Crippen LogP contribution in [0.3, 0.4) is 0 Å². The maximum atomic E-state index is 12.7. The Hall–Kier alpha value is -2.86. The third-order valence-corrected chi connectivity index (χ3v) is 5.20. The number of pyridine rings is 1. The van der Waals surface area contributed by atoms with E-state index in [1.165, 1.54) is 0 Å². The lowest BCUT2D eigenvalue weighted by Gasteiger charge is -2.19. The van der Waals surface area contributed by atoms with Crippen molar-refractivity contribution in [1.29, 1.82) is 0 Å². The van der Waals surface area contributed by atoms with Crippen LogP contribution in [0.15, 0.2) is 48.7 Å². The van der Waals surface area contributed by atoms with Crippen molar-refractivity contribution in [3.8, 4) is 0 Å². The van der Waals surface area contributed by atoms with Gasteiger partial charge in [-0.15, -0.1) is 0 Å². The van der Waals surface area contributed by atoms with Crippen LogP contribution in [0.1, 0.15) is 41.0 Å². The number of rotatable bonds is 8. The topological polar surface area (TPSA) is 63.1 Å². The number of halogens is 1. The summed E-state index contributed by atoms with van der Waals surface area (Å²) in [6.07, 6.45) is 1.79. The van der Waals surface area contributed by atoms with Crippen LogP contribution in [0, 0.1) is 6.92 Å². The molecule has 1 N–H and O–H groups in total. The first-order valence-electron chi connectivity index (χ1n) is 9.78. The molecule has 6 nitrogen and oxygen atoms in total. The second kappa shape index (κ2) is 9.56. The first-order valence-corrected chi connectivity index (χ1v) is 10.2. The Balaban J connectivity index is 1.66. The van der Waals surface area contributed by atoms with E-state index in [0.717, 1.165) is 30.0 Å². The first-order chi connectivity index (χ1) is 14.0. The highest BCUT2D eigenvalue weighted by atomic mass is 35.5. The molecule has 2 aromatic heterocycles. The smallest absolute Gasteiger partial charge is 0.256 e. The summed E-state index contributed by atoms with van der Waals surface area (Å²) in [5.41, 5.74) is 3.02. The molecule has 1 aromatic carbocycles. The summed E-state index contributed by atoms with van der Waals surface area (Å²) in [7, 11) is 0. The molecule has 0 bridgehead atoms. The van der Waals surface area contributed by atoms with Gasteiger partial charge in [0.15, 0.2) is 0 Å². The number of hydrogen-bond donors (Lipinski definition) is 1. The fourth-order valence-corrected chi connectivity index (χ4v) is 3.52. The van der Waals surface area contributed by atoms with Crippen molar-refractivity contribution < 1.29 is 4.79 Å². The molecule has 1 amide bonds. The van der Waals surface area contributed by atoms with Gasteiger partial charge in [0.25, 0.3) is 5.91 Å². The standard InChI is InChI=1S/C22H26ClN5O/c1-4-27(5-2)19-12-11-18(13-24-19)14-25-22(29)20-16(3)26-28(21(20)23)15-17-9-7-6-8-10-17/h6-13H,4-5,14-15H2,1-3H3,(H,25,29). The molecular weight excluding hydrogens is 386 g/mol. The molecule has 0 aliphatic heterocycles. The predicted octanol–water partition coefficient (Wildman–Crippen LogP) is 4.06. The summed E-state index contributed by atoms with van der Waals surface area (Å²) in [4.78, 5) is 19.4. The molecule has 0 radical (unpaired) electrons. The summed E-state index contributed by atoms with van der Waals surface area (Å²) in [5.74, 6) is 0.700. The molecule has 0 fully saturated rings. The third kappa shape index (κ3) is 4.95. The van der Waals surface area contributed by atoms with Crippen molar-refractivity contribution in [3.05, 3.63) is 76.2 Å². The number of hydrogen-bond acceptors (Lipinski definition) is 4. The number of nitrogens with one attached hydrogen (secondary N) is 1. The van der Waals surface area contributed by atoms with Gasteiger partial charge in [0.05, 0.1) is 17.8 Å². The molecule has 0 spiro atoms. The number of aromatic nitrogens is 3. The summed E-state index contributed by atoms with van der Waals surface area (Å²) in [6, 6.07) is 13.9. The molecule has 0 saturated carbocycles. The number of aryl methyl sites for hydroxylation is 1. The third-order valence-electron chi connectivity index (χ3n) is 4.82. The van der Waals surface area contributed by atoms with Crippen molar-refractivity contribution in [2.24, 2.45) is 0 Å². The normalized spacial score (nSPS) is 10.8. The van der Waals surface area contributed by atoms with Gasteiger partial charge in [-0.25, -0.2) is 9.67 Å². The molecule has 2 heterocycles. The maximum absolute atomic E-state index is 12.7. The second-order valence-electron chi connectivity index (χ2n) is 6.77. The number of amides is 1. The lowest BCUT2D eigenvalue weighted by molar-refractivity contribution is 0.0950. The molecule has 3 aromatic rings. The minimum Gasteiger partial charge on any atom is -0.357 e. The average Bonchev–Trinajstić information content (AvgIpc) is 3.02. The van der Waals surface area contributed by atoms with Crippen molar-refractivity contribution in [2.75, 3.05) is 18.0 Å². The molecule has 0 aliphatic rings. The fourth-order valence-electron chi connectivity index (χ4n) is 3.20. The highest BCUT2D eigenvalue weighted by Crippen LogP contribution is 2.21. The zero-order chi connectivity index (χ0) is 20.8. The summed E-state index contributed by atoms with van der Waals surface area (Å²) < 4.78 is 1.65. The zero-order valence-electron chi connectivity index (χ0n) is 17.0. The van der Waals surface area contributed by atoms with E-state index in [1.807, 2.05) is 42.5 Å². The van der Waals surface area contributed by atoms with Crippen molar-refractivity contribution >= 4 is 23.3 Å². The molecule has 29 heavy (non-hydrogen) atoms. The number of carbonyl (C=O) groups excluding carboxylic acids is 1. The molecule has 0 aliphatic carbocycles. The monoisotopic (exact) mass is 411 g/mol. The van der Waals surface area contributed by atoms with E-state index < -0.39 is 0 Å². The SMILES string of the molecule is CCN(CC)c1ccc(CNC(=O)c2c(C)nn(Cc3ccccc3)c2Cl)cn1. The summed E-state index contributed by atoms with van der Waals surface area (Å²) in [5, 5.41) is 7.70. The average molecular weight is 412 g/mol. The van der Waals surface area contributed by atoms with Crippen molar-refractivity contribution in [2.45, 2.75) is 33.9 Å². The Bertz CT molecular complexity index is 949. The van der Waals surface area contributed by atoms with Crippen LogP contribution >= 0.6 is 11.6 Å². The highest BCUT2D eigenvalue weighted by Gasteiger charge is 2.20. The minimum absolute atomic E-state index is 0.236. The van der Waals surface area contributed by atoms with Gasteiger partial charge in [0, 0.05) is 25.8 Å². The van der Waals surface area contributed by atoms with E-state index in [0.29, 0.717) is 29.5 Å². The lowest BCUT2D eigenvalue weighted by atomic mass is 10.2. The van der Waals surface area contributed by atoms with Crippen LogP contribution in [0.2, 0.25) is 5.15 Å². The number of nitrogens with zero attached hydrogens (tertiary/aromatic N) is 4. The van der Waals surface area contributed by atoms with Crippen molar-refractivity contribution in [3.63, 3.8) is 0 Å². The molecule has 0 unspecified atom stereocenters. The Morgan fingerprint density at radius 2 is 1.83 bits per heavy atom. The highest BCUT2D eigenvalue weighted by molar-refractivity contribution is 6.33. The molecule has 152 valence electrons. The van der Waals surface area contributed by atoms with Crippen LogP contribution in [0.5, 0.6) is 0 Å². The van der Waals surface area contributed by atoms with E-state index in [9.17, 15) is 4.79 Å². The van der Waals surface area contributed by atoms with Gasteiger partial charge in [-0.05, 0) is 38.0 Å². The molecule has 0 atom stereocenters. The minimum atomic E-state index is -0.236. The summed E-state index contributed by atoms with van der Waals surface area (Å²) in [6.45, 7) is 8.71. The van der Waals surface area contributed by atoms with Gasteiger partial charge in [0.2, 0.25) is 0 Å². The summed E-state index contributed by atoms with van der Waals surface area (Å²) >= 11 is 6.47. The maximum Gasteiger partial charge on any atom is 0.256 e. The van der Waals surface area contributed by atoms with E-state index in [4.69, 9.17) is 11.6 Å². The predicted molar refractivity (Wildman–Crippen MR) is 116 cm³/mol. The Labute approximate surface area is 176 Å². The first kappa shape index (κ1) is 20.9. The fraction of sp³-hybridized carbons (Fsp3) is 0.318. The molecule has 3 rings (SSSR count). The second-order valence-corrected chi connectivity index (χ2v) is 7.13. The van der Waals surface area contributed by atoms with Crippen LogP contribution in [0.25, 0.3) is 0 Å². The van der Waals surface area contributed by atoms with Gasteiger partial charge in [-0.2, -0.15) is 5.10 Å². The van der Waals surface area contributed by atoms with Crippen LogP contribution in [-0.4, -0.2) is 33.8 Å². The van der Waals surface area contributed by atoms with E-state index >= 15 is 0 Å². The molecule has 0 saturated heterocycles. The Morgan fingerprint density at radius 1 is 1.10 bits per heavy atom. The van der Waals surface area contributed by atoms with E-state index in [2.05, 4.69) is 34.1 Å². The zero-order valence-corrected chi connectivity index (χ0v) is 17.8. The van der Waals surface area contributed by atoms with Gasteiger partial charge >= 0.3 is 0 Å². The number of anilines is 1. The van der Waals surface area contributed by atoms with Gasteiger partial charge < -0.3 is 10.2 Å².